The van der Waals surface area contributed by atoms with Gasteiger partial charge >= 0.3 is 6.09 Å². The lowest BCUT2D eigenvalue weighted by Gasteiger charge is -2.35. The summed E-state index contributed by atoms with van der Waals surface area (Å²) < 4.78 is 11.1. The van der Waals surface area contributed by atoms with Crippen molar-refractivity contribution in [1.82, 2.24) is 24.8 Å². The Morgan fingerprint density at radius 1 is 1.00 bits per heavy atom. The highest BCUT2D eigenvalue weighted by molar-refractivity contribution is 5.86. The maximum atomic E-state index is 12.2. The minimum Gasteiger partial charge on any atom is -0.486 e. The largest absolute Gasteiger partial charge is 0.486 e. The molecule has 0 aliphatic carbocycles. The van der Waals surface area contributed by atoms with Crippen molar-refractivity contribution < 1.29 is 19.1 Å². The molecule has 1 fully saturated rings. The Hall–Kier alpha value is -3.50. The van der Waals surface area contributed by atoms with E-state index in [1.165, 1.54) is 6.92 Å². The van der Waals surface area contributed by atoms with Gasteiger partial charge in [0.15, 0.2) is 5.75 Å². The van der Waals surface area contributed by atoms with Gasteiger partial charge in [-0.2, -0.15) is 0 Å². The van der Waals surface area contributed by atoms with Crippen molar-refractivity contribution in [3.63, 3.8) is 0 Å². The fraction of sp³-hybridized carbons (Fsp3) is 0.500. The molecule has 1 saturated heterocycles. The predicted molar refractivity (Wildman–Crippen MR) is 113 cm³/mol. The van der Waals surface area contributed by atoms with Gasteiger partial charge in [0, 0.05) is 51.1 Å². The van der Waals surface area contributed by atoms with E-state index in [0.717, 1.165) is 5.56 Å². The average Bonchev–Trinajstić information content (AvgIpc) is 2.72. The van der Waals surface area contributed by atoms with E-state index in [-0.39, 0.29) is 24.6 Å². The number of ether oxygens (including phenoxy) is 2. The minimum atomic E-state index is -0.507. The lowest BCUT2D eigenvalue weighted by atomic mass is 10.2. The predicted octanol–water partition coefficient (Wildman–Crippen LogP) is 1.86. The average molecular weight is 429 g/mol. The first kappa shape index (κ1) is 22.2. The fourth-order valence-corrected chi connectivity index (χ4v) is 2.78. The second kappa shape index (κ2) is 9.54. The molecule has 0 spiro atoms. The monoisotopic (exact) mass is 429 g/mol. The third kappa shape index (κ3) is 6.76. The molecule has 2 aromatic rings. The zero-order valence-corrected chi connectivity index (χ0v) is 18.2. The summed E-state index contributed by atoms with van der Waals surface area (Å²) in [5.74, 6) is 1.12. The summed E-state index contributed by atoms with van der Waals surface area (Å²) in [5.41, 5.74) is 0.240. The Balaban J connectivity index is 1.47. The van der Waals surface area contributed by atoms with Crippen LogP contribution in [-0.2, 0) is 16.1 Å². The third-order valence-corrected chi connectivity index (χ3v) is 4.23. The number of carbonyl (C=O) groups is 2. The van der Waals surface area contributed by atoms with E-state index in [1.807, 2.05) is 25.7 Å². The van der Waals surface area contributed by atoms with E-state index in [2.05, 4.69) is 25.3 Å². The lowest BCUT2D eigenvalue weighted by Crippen LogP contribution is -2.50. The molecule has 0 saturated carbocycles. The summed E-state index contributed by atoms with van der Waals surface area (Å²) in [4.78, 5) is 43.7. The first-order valence-corrected chi connectivity index (χ1v) is 9.96. The number of nitrogens with zero attached hydrogens (tertiary/aromatic N) is 6. The molecule has 1 aliphatic rings. The maximum Gasteiger partial charge on any atom is 0.410 e. The number of piperazine rings is 1. The van der Waals surface area contributed by atoms with E-state index >= 15 is 0 Å². The van der Waals surface area contributed by atoms with Gasteiger partial charge in [-0.15, -0.1) is 0 Å². The van der Waals surface area contributed by atoms with Crippen LogP contribution in [0, 0.1) is 0 Å². The highest BCUT2D eigenvalue weighted by Crippen LogP contribution is 2.17. The molecule has 2 aromatic heterocycles. The van der Waals surface area contributed by atoms with Crippen molar-refractivity contribution in [3.05, 3.63) is 30.4 Å². The van der Waals surface area contributed by atoms with Crippen molar-refractivity contribution in [2.24, 2.45) is 0 Å². The van der Waals surface area contributed by atoms with Crippen LogP contribution in [0.2, 0.25) is 0 Å². The second-order valence-electron chi connectivity index (χ2n) is 8.06. The second-order valence-corrected chi connectivity index (χ2v) is 8.06. The molecule has 3 heterocycles. The normalized spacial score (nSPS) is 14.2. The van der Waals surface area contributed by atoms with Crippen LogP contribution in [0.5, 0.6) is 5.75 Å². The summed E-state index contributed by atoms with van der Waals surface area (Å²) in [6, 6.07) is 0. The highest BCUT2D eigenvalue weighted by Gasteiger charge is 2.26. The Morgan fingerprint density at radius 2 is 1.61 bits per heavy atom. The number of nitrogens with one attached hydrogen (secondary N) is 1. The first-order chi connectivity index (χ1) is 14.7. The molecule has 166 valence electrons. The van der Waals surface area contributed by atoms with Gasteiger partial charge < -0.3 is 19.3 Å². The summed E-state index contributed by atoms with van der Waals surface area (Å²) in [5, 5.41) is 2.51. The fourth-order valence-electron chi connectivity index (χ4n) is 2.78. The molecule has 31 heavy (non-hydrogen) atoms. The molecule has 2 amide bonds. The molecule has 1 aliphatic heterocycles. The minimum absolute atomic E-state index is 0.229. The van der Waals surface area contributed by atoms with Crippen molar-refractivity contribution in [1.29, 1.82) is 0 Å². The summed E-state index contributed by atoms with van der Waals surface area (Å²) >= 11 is 0. The molecule has 0 bridgehead atoms. The molecule has 0 unspecified atom stereocenters. The number of carbonyl (C=O) groups excluding carboxylic acids is 2. The lowest BCUT2D eigenvalue weighted by molar-refractivity contribution is -0.114. The van der Waals surface area contributed by atoms with Crippen LogP contribution in [0.4, 0.5) is 16.7 Å². The molecule has 0 radical (unpaired) electrons. The molecule has 11 heteroatoms. The van der Waals surface area contributed by atoms with E-state index in [9.17, 15) is 9.59 Å². The van der Waals surface area contributed by atoms with Crippen molar-refractivity contribution in [2.45, 2.75) is 39.9 Å². The Bertz CT molecular complexity index is 889. The molecule has 0 atom stereocenters. The van der Waals surface area contributed by atoms with Crippen LogP contribution in [0.3, 0.4) is 0 Å². The van der Waals surface area contributed by atoms with Crippen molar-refractivity contribution in [2.75, 3.05) is 36.4 Å². The van der Waals surface area contributed by atoms with Crippen LogP contribution in [0.1, 0.15) is 33.3 Å². The third-order valence-electron chi connectivity index (χ3n) is 4.23. The molecule has 3 rings (SSSR count). The number of rotatable bonds is 5. The van der Waals surface area contributed by atoms with Crippen LogP contribution in [0.25, 0.3) is 0 Å². The highest BCUT2D eigenvalue weighted by atomic mass is 16.6. The van der Waals surface area contributed by atoms with Gasteiger partial charge in [-0.3, -0.25) is 10.1 Å². The van der Waals surface area contributed by atoms with E-state index in [0.29, 0.717) is 37.9 Å². The summed E-state index contributed by atoms with van der Waals surface area (Å²) in [6.07, 6.45) is 6.07. The Morgan fingerprint density at radius 3 is 2.16 bits per heavy atom. The Labute approximate surface area is 180 Å². The smallest absolute Gasteiger partial charge is 0.410 e. The van der Waals surface area contributed by atoms with Gasteiger partial charge in [0.1, 0.15) is 12.2 Å². The SMILES string of the molecule is CC(=O)Nc1ncc(COc2cnc(N3CCN(C(=O)OC(C)(C)C)CC3)nc2)cn1. The zero-order chi connectivity index (χ0) is 22.4. The van der Waals surface area contributed by atoms with Crippen molar-refractivity contribution in [3.8, 4) is 5.75 Å². The van der Waals surface area contributed by atoms with Gasteiger partial charge in [0.2, 0.25) is 17.8 Å². The standard InChI is InChI=1S/C20H27N7O4/c1-14(28)25-17-21-9-15(10-22-17)13-30-16-11-23-18(24-12-16)26-5-7-27(8-6-26)19(29)31-20(2,3)4/h9-12H,5-8,13H2,1-4H3,(H,21,22,25,28). The Kier molecular flexibility index (Phi) is 6.83. The van der Waals surface area contributed by atoms with E-state index < -0.39 is 5.60 Å². The molecule has 11 nitrogen and oxygen atoms in total. The van der Waals surface area contributed by atoms with E-state index in [1.54, 1.807) is 29.7 Å². The van der Waals surface area contributed by atoms with Gasteiger partial charge in [-0.05, 0) is 20.8 Å². The first-order valence-electron chi connectivity index (χ1n) is 9.96. The van der Waals surface area contributed by atoms with Crippen molar-refractivity contribution >= 4 is 23.9 Å². The van der Waals surface area contributed by atoms with Crippen LogP contribution >= 0.6 is 0 Å². The van der Waals surface area contributed by atoms with Crippen LogP contribution in [0.15, 0.2) is 24.8 Å². The molecule has 0 aromatic carbocycles. The summed E-state index contributed by atoms with van der Waals surface area (Å²) in [6.45, 7) is 9.54. The molecule has 1 N–H and O–H groups in total. The van der Waals surface area contributed by atoms with Gasteiger partial charge in [-0.1, -0.05) is 0 Å². The summed E-state index contributed by atoms with van der Waals surface area (Å²) in [7, 11) is 0. The van der Waals surface area contributed by atoms with Gasteiger partial charge in [0.05, 0.1) is 12.4 Å². The van der Waals surface area contributed by atoms with E-state index in [4.69, 9.17) is 9.47 Å². The van der Waals surface area contributed by atoms with Gasteiger partial charge in [0.25, 0.3) is 0 Å². The number of hydrogen-bond acceptors (Lipinski definition) is 9. The van der Waals surface area contributed by atoms with Crippen LogP contribution in [-0.4, -0.2) is 68.6 Å². The molecular formula is C20H27N7O4. The zero-order valence-electron chi connectivity index (χ0n) is 18.2. The topological polar surface area (TPSA) is 123 Å². The van der Waals surface area contributed by atoms with Gasteiger partial charge in [-0.25, -0.2) is 24.7 Å². The maximum absolute atomic E-state index is 12.2. The molecular weight excluding hydrogens is 402 g/mol. The number of aromatic nitrogens is 4. The number of hydrogen-bond donors (Lipinski definition) is 1. The number of amides is 2. The number of anilines is 2. The quantitative estimate of drug-likeness (QED) is 0.758. The van der Waals surface area contributed by atoms with Crippen LogP contribution < -0.4 is 15.0 Å².